The van der Waals surface area contributed by atoms with Crippen LogP contribution in [0.25, 0.3) is 0 Å². The van der Waals surface area contributed by atoms with E-state index in [1.54, 1.807) is 0 Å². The highest BCUT2D eigenvalue weighted by Crippen LogP contribution is 2.05. The minimum atomic E-state index is -1.75. The first-order valence-electron chi connectivity index (χ1n) is 4.62. The van der Waals surface area contributed by atoms with E-state index in [1.165, 1.54) is 0 Å². The highest BCUT2D eigenvalue weighted by Gasteiger charge is 2.22. The van der Waals surface area contributed by atoms with Gasteiger partial charge >= 0.3 is 8.56 Å². The summed E-state index contributed by atoms with van der Waals surface area (Å²) >= 11 is 0. The maximum atomic E-state index is 5.80. The van der Waals surface area contributed by atoms with E-state index in [2.05, 4.69) is 26.3 Å². The molecule has 5 heteroatoms. The second-order valence-electron chi connectivity index (χ2n) is 3.25. The third-order valence-corrected chi connectivity index (χ3v) is 10.0. The molecule has 0 aliphatic heterocycles. The smallest absolute Gasteiger partial charge is 0.310 e. The van der Waals surface area contributed by atoms with E-state index in [-0.39, 0.29) is 0 Å². The van der Waals surface area contributed by atoms with Crippen LogP contribution < -0.4 is 0 Å². The molecule has 0 rings (SSSR count). The van der Waals surface area contributed by atoms with Gasteiger partial charge in [-0.2, -0.15) is 0 Å². The monoisotopic (exact) mass is 232 g/mol. The molecule has 0 saturated carbocycles. The molecule has 0 aromatic carbocycles. The first kappa shape index (κ1) is 13.1. The summed E-state index contributed by atoms with van der Waals surface area (Å²) in [6, 6.07) is 2.09. The molecule has 0 saturated heterocycles. The van der Waals surface area contributed by atoms with E-state index < -0.39 is 28.1 Å². The highest BCUT2D eigenvalue weighted by molar-refractivity contribution is 6.73. The number of allylic oxidation sites excluding steroid dienone is 2. The Morgan fingerprint density at radius 1 is 1.08 bits per heavy atom. The maximum absolute atomic E-state index is 5.80. The zero-order valence-corrected chi connectivity index (χ0v) is 12.5. The van der Waals surface area contributed by atoms with Crippen molar-refractivity contribution in [2.45, 2.75) is 25.2 Å². The van der Waals surface area contributed by atoms with E-state index in [9.17, 15) is 0 Å². The van der Waals surface area contributed by atoms with E-state index >= 15 is 0 Å². The van der Waals surface area contributed by atoms with Crippen LogP contribution in [-0.4, -0.2) is 28.1 Å². The average Bonchev–Trinajstić information content (AvgIpc) is 2.05. The fourth-order valence-electron chi connectivity index (χ4n) is 0.818. The van der Waals surface area contributed by atoms with Gasteiger partial charge in [0.15, 0.2) is 19.5 Å². The van der Waals surface area contributed by atoms with Crippen molar-refractivity contribution in [1.82, 2.24) is 0 Å². The van der Waals surface area contributed by atoms with Crippen LogP contribution in [0.1, 0.15) is 0 Å². The largest absolute Gasteiger partial charge is 0.442 e. The lowest BCUT2D eigenvalue weighted by molar-refractivity contribution is 0.428. The van der Waals surface area contributed by atoms with Gasteiger partial charge in [-0.05, 0) is 25.2 Å². The number of rotatable bonds is 8. The second-order valence-corrected chi connectivity index (χ2v) is 10.3. The topological polar surface area (TPSA) is 18.5 Å². The molecule has 13 heavy (non-hydrogen) atoms. The summed E-state index contributed by atoms with van der Waals surface area (Å²) in [4.78, 5) is 0. The summed E-state index contributed by atoms with van der Waals surface area (Å²) in [7, 11) is -2.57. The Balaban J connectivity index is 3.52. The molecule has 0 aliphatic rings. The zero-order valence-electron chi connectivity index (χ0n) is 8.71. The Labute approximate surface area is 87.2 Å². The Kier molecular flexibility index (Phi) is 7.48. The van der Waals surface area contributed by atoms with Crippen LogP contribution in [0.4, 0.5) is 0 Å². The Bertz CT molecular complexity index is 143. The van der Waals surface area contributed by atoms with E-state index in [0.717, 1.165) is 12.1 Å². The van der Waals surface area contributed by atoms with Gasteiger partial charge in [-0.1, -0.05) is 12.2 Å². The van der Waals surface area contributed by atoms with Crippen molar-refractivity contribution in [3.8, 4) is 0 Å². The van der Waals surface area contributed by atoms with Crippen molar-refractivity contribution in [2.75, 3.05) is 0 Å². The van der Waals surface area contributed by atoms with E-state index in [0.29, 0.717) is 0 Å². The second kappa shape index (κ2) is 7.45. The van der Waals surface area contributed by atoms with Gasteiger partial charge in [-0.3, -0.25) is 0 Å². The van der Waals surface area contributed by atoms with Crippen LogP contribution in [0.15, 0.2) is 25.3 Å². The normalized spacial score (nSPS) is 13.1. The van der Waals surface area contributed by atoms with Gasteiger partial charge in [0.2, 0.25) is 0 Å². The summed E-state index contributed by atoms with van der Waals surface area (Å²) in [5, 5.41) is 0. The third kappa shape index (κ3) is 8.38. The average molecular weight is 233 g/mol. The quantitative estimate of drug-likeness (QED) is 0.354. The maximum Gasteiger partial charge on any atom is 0.310 e. The molecule has 76 valence electrons. The minimum absolute atomic E-state index is 0.412. The predicted octanol–water partition coefficient (Wildman–Crippen LogP) is 1.10. The molecule has 0 aromatic rings. The van der Waals surface area contributed by atoms with Crippen molar-refractivity contribution < 1.29 is 8.23 Å². The van der Waals surface area contributed by atoms with Gasteiger partial charge in [0.05, 0.1) is 0 Å². The van der Waals surface area contributed by atoms with Crippen molar-refractivity contribution in [1.29, 1.82) is 0 Å². The van der Waals surface area contributed by atoms with Crippen LogP contribution in [-0.2, 0) is 8.23 Å². The summed E-state index contributed by atoms with van der Waals surface area (Å²) in [6.07, 6.45) is 3.86. The molecule has 2 nitrogen and oxygen atoms in total. The van der Waals surface area contributed by atoms with Crippen molar-refractivity contribution in [3.63, 3.8) is 0 Å². The molecule has 0 fully saturated rings. The molecule has 0 N–H and O–H groups in total. The SMILES string of the molecule is C=CC[SiH2]O[Si](C)(C)O[SiH2]CC=C. The third-order valence-electron chi connectivity index (χ3n) is 1.54. The van der Waals surface area contributed by atoms with Crippen molar-refractivity contribution in [2.24, 2.45) is 0 Å². The van der Waals surface area contributed by atoms with Crippen molar-refractivity contribution in [3.05, 3.63) is 25.3 Å². The Morgan fingerprint density at radius 3 is 1.77 bits per heavy atom. The summed E-state index contributed by atoms with van der Waals surface area (Å²) in [5.74, 6) is 0. The van der Waals surface area contributed by atoms with Crippen molar-refractivity contribution >= 4 is 28.1 Å². The van der Waals surface area contributed by atoms with E-state index in [1.807, 2.05) is 12.2 Å². The molecule has 0 bridgehead atoms. The standard InChI is InChI=1S/C8H20O2Si3/c1-5-7-11-9-13(3,4)10-12-8-6-2/h5-6H,1-2,7-8,11-12H2,3-4H3. The molecule has 0 unspecified atom stereocenters. The van der Waals surface area contributed by atoms with Gasteiger partial charge in [-0.25, -0.2) is 0 Å². The molecular weight excluding hydrogens is 212 g/mol. The predicted molar refractivity (Wildman–Crippen MR) is 66.7 cm³/mol. The molecule has 0 atom stereocenters. The van der Waals surface area contributed by atoms with Gasteiger partial charge < -0.3 is 8.23 Å². The van der Waals surface area contributed by atoms with Crippen LogP contribution >= 0.6 is 0 Å². The fourth-order valence-corrected chi connectivity index (χ4v) is 7.11. The molecule has 0 amide bonds. The minimum Gasteiger partial charge on any atom is -0.442 e. The lowest BCUT2D eigenvalue weighted by atomic mass is 10.8. The molecule has 0 aliphatic carbocycles. The zero-order chi connectivity index (χ0) is 10.2. The fraction of sp³-hybridized carbons (Fsp3) is 0.500. The van der Waals surface area contributed by atoms with Crippen LogP contribution in [0.2, 0.25) is 25.2 Å². The number of hydrogen-bond acceptors (Lipinski definition) is 2. The first-order chi connectivity index (χ1) is 6.12. The van der Waals surface area contributed by atoms with Gasteiger partial charge in [0.25, 0.3) is 0 Å². The van der Waals surface area contributed by atoms with Gasteiger partial charge in [-0.15, -0.1) is 13.2 Å². The molecule has 0 aromatic heterocycles. The molecule has 0 heterocycles. The molecule has 0 spiro atoms. The Morgan fingerprint density at radius 2 is 1.46 bits per heavy atom. The van der Waals surface area contributed by atoms with Crippen LogP contribution in [0.5, 0.6) is 0 Å². The summed E-state index contributed by atoms with van der Waals surface area (Å²) in [6.45, 7) is 11.6. The first-order valence-corrected chi connectivity index (χ1v) is 10.6. The molecule has 0 radical (unpaired) electrons. The van der Waals surface area contributed by atoms with Crippen LogP contribution in [0, 0.1) is 0 Å². The van der Waals surface area contributed by atoms with Crippen LogP contribution in [0.3, 0.4) is 0 Å². The number of hydrogen-bond donors (Lipinski definition) is 0. The highest BCUT2D eigenvalue weighted by atomic mass is 28.4. The lowest BCUT2D eigenvalue weighted by Gasteiger charge is -2.23. The lowest BCUT2D eigenvalue weighted by Crippen LogP contribution is -2.37. The summed E-state index contributed by atoms with van der Waals surface area (Å²) < 4.78 is 11.6. The summed E-state index contributed by atoms with van der Waals surface area (Å²) in [5.41, 5.74) is 0. The Hall–Kier alpha value is 0.0506. The van der Waals surface area contributed by atoms with E-state index in [4.69, 9.17) is 8.23 Å². The van der Waals surface area contributed by atoms with Gasteiger partial charge in [0.1, 0.15) is 0 Å². The van der Waals surface area contributed by atoms with Gasteiger partial charge in [0, 0.05) is 0 Å². The molecular formula is C8H20O2Si3.